The number of hydrogen-bond acceptors (Lipinski definition) is 4. The number of nitrogens with zero attached hydrogens (tertiary/aromatic N) is 2. The minimum Gasteiger partial charge on any atom is -0.314 e. The molecule has 0 amide bonds. The predicted molar refractivity (Wildman–Crippen MR) is 96.3 cm³/mol. The molecule has 3 rings (SSSR count). The second-order valence-electron chi connectivity index (χ2n) is 5.85. The van der Waals surface area contributed by atoms with Crippen LogP contribution in [0.25, 0.3) is 10.2 Å². The molecule has 6 heteroatoms. The lowest BCUT2D eigenvalue weighted by Crippen LogP contribution is -2.50. The van der Waals surface area contributed by atoms with Crippen LogP contribution in [0.15, 0.2) is 23.0 Å². The van der Waals surface area contributed by atoms with Crippen molar-refractivity contribution in [3.63, 3.8) is 0 Å². The van der Waals surface area contributed by atoms with Crippen LogP contribution in [0.5, 0.6) is 0 Å². The number of halogens is 1. The molecule has 122 valence electrons. The number of rotatable bonds is 4. The molecule has 1 aliphatic heterocycles. The van der Waals surface area contributed by atoms with Crippen molar-refractivity contribution in [3.8, 4) is 0 Å². The smallest absolute Gasteiger partial charge is 0.307 e. The first-order valence-electron chi connectivity index (χ1n) is 7.72. The van der Waals surface area contributed by atoms with E-state index in [1.807, 2.05) is 7.05 Å². The summed E-state index contributed by atoms with van der Waals surface area (Å²) in [4.78, 5) is 14.4. The Balaban J connectivity index is 0.00000176. The van der Waals surface area contributed by atoms with Crippen molar-refractivity contribution in [2.45, 2.75) is 32.4 Å². The molecule has 1 unspecified atom stereocenters. The number of aryl methyl sites for hydroxylation is 1. The van der Waals surface area contributed by atoms with Gasteiger partial charge in [0.05, 0.1) is 10.2 Å². The SMILES string of the molecule is CCCC1CNCCN1Cc1ccc2c(c1)sc(=O)n2C.Cl. The van der Waals surface area contributed by atoms with E-state index in [1.165, 1.54) is 29.7 Å². The summed E-state index contributed by atoms with van der Waals surface area (Å²) < 4.78 is 2.83. The van der Waals surface area contributed by atoms with Crippen LogP contribution in [0.2, 0.25) is 0 Å². The van der Waals surface area contributed by atoms with Gasteiger partial charge in [0.2, 0.25) is 0 Å². The minimum absolute atomic E-state index is 0. The zero-order chi connectivity index (χ0) is 14.8. The standard InChI is InChI=1S/C16H23N3OS.ClH/c1-3-4-13-10-17-7-8-19(13)11-12-5-6-14-15(9-12)21-16(20)18(14)2;/h5-6,9,13,17H,3-4,7-8,10-11H2,1-2H3;1H. The molecule has 2 aromatic rings. The monoisotopic (exact) mass is 341 g/mol. The summed E-state index contributed by atoms with van der Waals surface area (Å²) >= 11 is 1.34. The Morgan fingerprint density at radius 1 is 1.41 bits per heavy atom. The summed E-state index contributed by atoms with van der Waals surface area (Å²) in [6, 6.07) is 7.07. The molecule has 0 saturated carbocycles. The van der Waals surface area contributed by atoms with E-state index in [9.17, 15) is 4.79 Å². The molecule has 0 spiro atoms. The third-order valence-corrected chi connectivity index (χ3v) is 5.33. The van der Waals surface area contributed by atoms with Crippen LogP contribution >= 0.6 is 23.7 Å². The molecule has 1 aliphatic rings. The van der Waals surface area contributed by atoms with Crippen molar-refractivity contribution in [1.29, 1.82) is 0 Å². The van der Waals surface area contributed by atoms with Crippen molar-refractivity contribution in [1.82, 2.24) is 14.8 Å². The highest BCUT2D eigenvalue weighted by molar-refractivity contribution is 7.16. The Hall–Kier alpha value is -0.880. The number of benzene rings is 1. The maximum absolute atomic E-state index is 11.7. The Kier molecular flexibility index (Phi) is 6.03. The van der Waals surface area contributed by atoms with E-state index in [4.69, 9.17) is 0 Å². The van der Waals surface area contributed by atoms with Crippen molar-refractivity contribution >= 4 is 34.0 Å². The van der Waals surface area contributed by atoms with Crippen molar-refractivity contribution in [2.75, 3.05) is 19.6 Å². The Bertz CT molecular complexity index is 680. The molecule has 22 heavy (non-hydrogen) atoms. The van der Waals surface area contributed by atoms with Gasteiger partial charge < -0.3 is 9.88 Å². The van der Waals surface area contributed by atoms with Crippen molar-refractivity contribution in [3.05, 3.63) is 33.4 Å². The number of thiazole rings is 1. The first-order chi connectivity index (χ1) is 10.2. The van der Waals surface area contributed by atoms with Gasteiger partial charge in [-0.15, -0.1) is 12.4 Å². The van der Waals surface area contributed by atoms with Gasteiger partial charge in [0, 0.05) is 39.3 Å². The highest BCUT2D eigenvalue weighted by Gasteiger charge is 2.21. The van der Waals surface area contributed by atoms with E-state index in [-0.39, 0.29) is 17.3 Å². The Morgan fingerprint density at radius 3 is 3.00 bits per heavy atom. The van der Waals surface area contributed by atoms with E-state index in [2.05, 4.69) is 35.3 Å². The van der Waals surface area contributed by atoms with E-state index in [0.717, 1.165) is 36.4 Å². The Labute approximate surface area is 141 Å². The molecule has 0 radical (unpaired) electrons. The number of nitrogens with one attached hydrogen (secondary N) is 1. The molecule has 1 aromatic carbocycles. The van der Waals surface area contributed by atoms with E-state index < -0.39 is 0 Å². The number of hydrogen-bond donors (Lipinski definition) is 1. The van der Waals surface area contributed by atoms with Gasteiger partial charge in [0.15, 0.2) is 0 Å². The predicted octanol–water partition coefficient (Wildman–Crippen LogP) is 2.60. The fraction of sp³-hybridized carbons (Fsp3) is 0.562. The zero-order valence-electron chi connectivity index (χ0n) is 13.2. The molecule has 1 fully saturated rings. The van der Waals surface area contributed by atoms with Gasteiger partial charge in [0.25, 0.3) is 0 Å². The summed E-state index contributed by atoms with van der Waals surface area (Å²) in [6.07, 6.45) is 2.47. The fourth-order valence-electron chi connectivity index (χ4n) is 3.14. The molecular formula is C16H24ClN3OS. The summed E-state index contributed by atoms with van der Waals surface area (Å²) in [5.74, 6) is 0. The highest BCUT2D eigenvalue weighted by Crippen LogP contribution is 2.21. The topological polar surface area (TPSA) is 37.3 Å². The van der Waals surface area contributed by atoms with Crippen LogP contribution in [0.3, 0.4) is 0 Å². The first-order valence-corrected chi connectivity index (χ1v) is 8.54. The van der Waals surface area contributed by atoms with Crippen LogP contribution in [-0.2, 0) is 13.6 Å². The average molecular weight is 342 g/mol. The number of piperazine rings is 1. The molecule has 0 bridgehead atoms. The first kappa shape index (κ1) is 17.5. The van der Waals surface area contributed by atoms with Gasteiger partial charge >= 0.3 is 4.87 Å². The second kappa shape index (κ2) is 7.59. The number of fused-ring (bicyclic) bond motifs is 1. The third kappa shape index (κ3) is 3.54. The van der Waals surface area contributed by atoms with Gasteiger partial charge in [-0.1, -0.05) is 30.7 Å². The minimum atomic E-state index is 0. The van der Waals surface area contributed by atoms with Gasteiger partial charge in [-0.05, 0) is 24.1 Å². The lowest BCUT2D eigenvalue weighted by molar-refractivity contribution is 0.144. The second-order valence-corrected chi connectivity index (χ2v) is 6.84. The fourth-order valence-corrected chi connectivity index (χ4v) is 4.08. The normalized spacial score (nSPS) is 19.3. The maximum Gasteiger partial charge on any atom is 0.307 e. The molecule has 4 nitrogen and oxygen atoms in total. The van der Waals surface area contributed by atoms with E-state index >= 15 is 0 Å². The van der Waals surface area contributed by atoms with Crippen LogP contribution < -0.4 is 10.2 Å². The van der Waals surface area contributed by atoms with Crippen LogP contribution in [0.1, 0.15) is 25.3 Å². The van der Waals surface area contributed by atoms with Gasteiger partial charge in [-0.2, -0.15) is 0 Å². The van der Waals surface area contributed by atoms with E-state index in [0.29, 0.717) is 6.04 Å². The van der Waals surface area contributed by atoms with E-state index in [1.54, 1.807) is 4.57 Å². The zero-order valence-corrected chi connectivity index (χ0v) is 14.8. The van der Waals surface area contributed by atoms with Gasteiger partial charge in [-0.25, -0.2) is 0 Å². The third-order valence-electron chi connectivity index (χ3n) is 4.34. The summed E-state index contributed by atoms with van der Waals surface area (Å²) in [5.41, 5.74) is 2.35. The summed E-state index contributed by atoms with van der Waals surface area (Å²) in [5, 5.41) is 3.49. The molecule has 1 N–H and O–H groups in total. The van der Waals surface area contributed by atoms with Crippen LogP contribution in [0.4, 0.5) is 0 Å². The largest absolute Gasteiger partial charge is 0.314 e. The molecule has 1 atom stereocenters. The molecule has 1 saturated heterocycles. The maximum atomic E-state index is 11.7. The molecule has 0 aliphatic carbocycles. The Morgan fingerprint density at radius 2 is 2.23 bits per heavy atom. The van der Waals surface area contributed by atoms with Crippen LogP contribution in [-0.4, -0.2) is 35.1 Å². The van der Waals surface area contributed by atoms with Gasteiger partial charge in [0.1, 0.15) is 0 Å². The average Bonchev–Trinajstić information content (AvgIpc) is 2.76. The molecular weight excluding hydrogens is 318 g/mol. The summed E-state index contributed by atoms with van der Waals surface area (Å²) in [6.45, 7) is 6.50. The van der Waals surface area contributed by atoms with Crippen molar-refractivity contribution < 1.29 is 0 Å². The summed E-state index contributed by atoms with van der Waals surface area (Å²) in [7, 11) is 1.84. The lowest BCUT2D eigenvalue weighted by atomic mass is 10.1. The van der Waals surface area contributed by atoms with Crippen molar-refractivity contribution in [2.24, 2.45) is 7.05 Å². The lowest BCUT2D eigenvalue weighted by Gasteiger charge is -2.36. The quantitative estimate of drug-likeness (QED) is 0.928. The number of aromatic nitrogens is 1. The van der Waals surface area contributed by atoms with Gasteiger partial charge in [-0.3, -0.25) is 9.69 Å². The highest BCUT2D eigenvalue weighted by atomic mass is 35.5. The molecule has 2 heterocycles. The van der Waals surface area contributed by atoms with Crippen LogP contribution in [0, 0.1) is 0 Å². The molecule has 1 aromatic heterocycles.